The van der Waals surface area contributed by atoms with Crippen molar-refractivity contribution in [2.75, 3.05) is 0 Å². The van der Waals surface area contributed by atoms with E-state index in [1.807, 2.05) is 0 Å². The zero-order chi connectivity index (χ0) is 14.0. The highest BCUT2D eigenvalue weighted by molar-refractivity contribution is 6.31. The SMILES string of the molecule is Cc1ccc(C(Cl)Cc2c(F)cccc2Cl)c(F)c1. The zero-order valence-electron chi connectivity index (χ0n) is 10.3. The number of hydrogen-bond donors (Lipinski definition) is 0. The summed E-state index contributed by atoms with van der Waals surface area (Å²) in [6.45, 7) is 1.80. The largest absolute Gasteiger partial charge is 0.207 e. The molecule has 0 saturated carbocycles. The Labute approximate surface area is 121 Å². The maximum Gasteiger partial charge on any atom is 0.128 e. The summed E-state index contributed by atoms with van der Waals surface area (Å²) in [7, 11) is 0. The molecule has 2 aromatic rings. The molecule has 0 aliphatic carbocycles. The lowest BCUT2D eigenvalue weighted by atomic mass is 10.0. The Kier molecular flexibility index (Phi) is 4.43. The van der Waals surface area contributed by atoms with E-state index in [1.54, 1.807) is 25.1 Å². The highest BCUT2D eigenvalue weighted by Gasteiger charge is 2.17. The fraction of sp³-hybridized carbons (Fsp3) is 0.200. The van der Waals surface area contributed by atoms with Crippen molar-refractivity contribution in [3.05, 3.63) is 69.7 Å². The van der Waals surface area contributed by atoms with Crippen LogP contribution in [0.1, 0.15) is 22.1 Å². The van der Waals surface area contributed by atoms with Gasteiger partial charge in [-0.1, -0.05) is 29.8 Å². The second-order valence-corrected chi connectivity index (χ2v) is 5.33. The van der Waals surface area contributed by atoms with Crippen LogP contribution in [0.25, 0.3) is 0 Å². The molecular weight excluding hydrogens is 289 g/mol. The molecule has 0 aromatic heterocycles. The molecule has 0 aliphatic heterocycles. The lowest BCUT2D eigenvalue weighted by molar-refractivity contribution is 0.591. The van der Waals surface area contributed by atoms with E-state index in [0.29, 0.717) is 16.1 Å². The van der Waals surface area contributed by atoms with E-state index < -0.39 is 11.2 Å². The first-order chi connectivity index (χ1) is 8.99. The summed E-state index contributed by atoms with van der Waals surface area (Å²) in [5.41, 5.74) is 1.48. The van der Waals surface area contributed by atoms with Crippen LogP contribution in [0, 0.1) is 18.6 Å². The molecule has 0 nitrogen and oxygen atoms in total. The van der Waals surface area contributed by atoms with Gasteiger partial charge >= 0.3 is 0 Å². The molecular formula is C15H12Cl2F2. The average Bonchev–Trinajstić information content (AvgIpc) is 2.33. The van der Waals surface area contributed by atoms with Crippen molar-refractivity contribution in [3.63, 3.8) is 0 Å². The van der Waals surface area contributed by atoms with Gasteiger partial charge < -0.3 is 0 Å². The third kappa shape index (κ3) is 3.26. The summed E-state index contributed by atoms with van der Waals surface area (Å²) in [5, 5.41) is -0.354. The number of hydrogen-bond acceptors (Lipinski definition) is 0. The van der Waals surface area contributed by atoms with Gasteiger partial charge in [0, 0.05) is 16.1 Å². The predicted octanol–water partition coefficient (Wildman–Crippen LogP) is 5.45. The Morgan fingerprint density at radius 1 is 1.11 bits per heavy atom. The number of benzene rings is 2. The molecule has 0 saturated heterocycles. The van der Waals surface area contributed by atoms with Crippen molar-refractivity contribution < 1.29 is 8.78 Å². The lowest BCUT2D eigenvalue weighted by Crippen LogP contribution is -2.02. The van der Waals surface area contributed by atoms with Crippen molar-refractivity contribution >= 4 is 23.2 Å². The first-order valence-corrected chi connectivity index (χ1v) is 6.63. The monoisotopic (exact) mass is 300 g/mol. The minimum absolute atomic E-state index is 0.146. The van der Waals surface area contributed by atoms with Crippen molar-refractivity contribution in [2.24, 2.45) is 0 Å². The molecule has 19 heavy (non-hydrogen) atoms. The van der Waals surface area contributed by atoms with Crippen LogP contribution in [-0.2, 0) is 6.42 Å². The number of aryl methyl sites for hydroxylation is 1. The standard InChI is InChI=1S/C15H12Cl2F2/c1-9-5-6-10(15(19)7-9)13(17)8-11-12(16)3-2-4-14(11)18/h2-7,13H,8H2,1H3. The van der Waals surface area contributed by atoms with Gasteiger partial charge in [-0.05, 0) is 37.1 Å². The average molecular weight is 301 g/mol. The van der Waals surface area contributed by atoms with E-state index in [-0.39, 0.29) is 12.2 Å². The molecule has 1 atom stereocenters. The molecule has 2 rings (SSSR count). The molecule has 0 amide bonds. The van der Waals surface area contributed by atoms with E-state index in [2.05, 4.69) is 0 Å². The molecule has 0 bridgehead atoms. The van der Waals surface area contributed by atoms with Crippen LogP contribution >= 0.6 is 23.2 Å². The normalized spacial score (nSPS) is 12.5. The summed E-state index contributed by atoms with van der Waals surface area (Å²) in [5.74, 6) is -0.807. The fourth-order valence-corrected chi connectivity index (χ4v) is 2.47. The zero-order valence-corrected chi connectivity index (χ0v) is 11.8. The highest BCUT2D eigenvalue weighted by Crippen LogP contribution is 2.31. The van der Waals surface area contributed by atoms with E-state index in [4.69, 9.17) is 23.2 Å². The van der Waals surface area contributed by atoms with Gasteiger partial charge in [-0.2, -0.15) is 0 Å². The molecule has 1 unspecified atom stereocenters. The third-order valence-corrected chi connectivity index (χ3v) is 3.68. The Bertz CT molecular complexity index is 576. The van der Waals surface area contributed by atoms with Gasteiger partial charge in [-0.25, -0.2) is 8.78 Å². The molecule has 2 aromatic carbocycles. The first kappa shape index (κ1) is 14.3. The summed E-state index contributed by atoms with van der Waals surface area (Å²) in [6, 6.07) is 9.24. The van der Waals surface area contributed by atoms with Crippen LogP contribution in [0.2, 0.25) is 5.02 Å². The molecule has 0 spiro atoms. The number of alkyl halides is 1. The van der Waals surface area contributed by atoms with Gasteiger partial charge in [0.2, 0.25) is 0 Å². The summed E-state index contributed by atoms with van der Waals surface area (Å²) >= 11 is 12.1. The molecule has 0 fully saturated rings. The fourth-order valence-electron chi connectivity index (χ4n) is 1.90. The Morgan fingerprint density at radius 2 is 1.84 bits per heavy atom. The highest BCUT2D eigenvalue weighted by atomic mass is 35.5. The minimum Gasteiger partial charge on any atom is -0.207 e. The van der Waals surface area contributed by atoms with Crippen LogP contribution < -0.4 is 0 Å². The predicted molar refractivity (Wildman–Crippen MR) is 74.8 cm³/mol. The van der Waals surface area contributed by atoms with Crippen LogP contribution in [0.5, 0.6) is 0 Å². The summed E-state index contributed by atoms with van der Waals surface area (Å²) in [6.07, 6.45) is 0.146. The molecule has 0 heterocycles. The van der Waals surface area contributed by atoms with Gasteiger partial charge in [-0.15, -0.1) is 11.6 Å². The van der Waals surface area contributed by atoms with E-state index in [0.717, 1.165) is 5.56 Å². The Balaban J connectivity index is 2.28. The van der Waals surface area contributed by atoms with Crippen molar-refractivity contribution in [2.45, 2.75) is 18.7 Å². The maximum absolute atomic E-state index is 13.8. The second-order valence-electron chi connectivity index (χ2n) is 4.40. The Morgan fingerprint density at radius 3 is 2.47 bits per heavy atom. The third-order valence-electron chi connectivity index (χ3n) is 2.94. The lowest BCUT2D eigenvalue weighted by Gasteiger charge is -2.13. The number of rotatable bonds is 3. The minimum atomic E-state index is -0.657. The smallest absolute Gasteiger partial charge is 0.128 e. The van der Waals surface area contributed by atoms with Crippen LogP contribution in [-0.4, -0.2) is 0 Å². The Hall–Kier alpha value is -1.12. The summed E-state index contributed by atoms with van der Waals surface area (Å²) in [4.78, 5) is 0. The van der Waals surface area contributed by atoms with Gasteiger partial charge in [0.1, 0.15) is 11.6 Å². The summed E-state index contributed by atoms with van der Waals surface area (Å²) < 4.78 is 27.4. The van der Waals surface area contributed by atoms with Crippen LogP contribution in [0.3, 0.4) is 0 Å². The molecule has 4 heteroatoms. The van der Waals surface area contributed by atoms with E-state index in [1.165, 1.54) is 18.2 Å². The first-order valence-electron chi connectivity index (χ1n) is 5.82. The quantitative estimate of drug-likeness (QED) is 0.661. The molecule has 0 radical (unpaired) electrons. The van der Waals surface area contributed by atoms with E-state index >= 15 is 0 Å². The van der Waals surface area contributed by atoms with E-state index in [9.17, 15) is 8.78 Å². The molecule has 0 aliphatic rings. The topological polar surface area (TPSA) is 0 Å². The molecule has 0 N–H and O–H groups in total. The van der Waals surface area contributed by atoms with Crippen LogP contribution in [0.4, 0.5) is 8.78 Å². The van der Waals surface area contributed by atoms with Gasteiger partial charge in [0.25, 0.3) is 0 Å². The van der Waals surface area contributed by atoms with Crippen molar-refractivity contribution in [1.29, 1.82) is 0 Å². The number of halogens is 4. The van der Waals surface area contributed by atoms with Crippen molar-refractivity contribution in [1.82, 2.24) is 0 Å². The van der Waals surface area contributed by atoms with Crippen molar-refractivity contribution in [3.8, 4) is 0 Å². The van der Waals surface area contributed by atoms with Gasteiger partial charge in [0.05, 0.1) is 5.38 Å². The molecule has 100 valence electrons. The van der Waals surface area contributed by atoms with Gasteiger partial charge in [-0.3, -0.25) is 0 Å². The van der Waals surface area contributed by atoms with Crippen LogP contribution in [0.15, 0.2) is 36.4 Å². The maximum atomic E-state index is 13.8. The second kappa shape index (κ2) is 5.89. The van der Waals surface area contributed by atoms with Gasteiger partial charge in [0.15, 0.2) is 0 Å².